The molecular weight excluding hydrogens is 148 g/mol. The molecule has 1 rings (SSSR count). The molecule has 1 atom stereocenters. The van der Waals surface area contributed by atoms with Crippen molar-refractivity contribution in [3.05, 3.63) is 35.4 Å². The lowest BCUT2D eigenvalue weighted by Crippen LogP contribution is -1.90. The van der Waals surface area contributed by atoms with Gasteiger partial charge < -0.3 is 5.11 Å². The van der Waals surface area contributed by atoms with Gasteiger partial charge in [-0.15, -0.1) is 0 Å². The third kappa shape index (κ3) is 1.49. The average Bonchev–Trinajstić information content (AvgIpc) is 1.88. The van der Waals surface area contributed by atoms with Crippen LogP contribution in [0.15, 0.2) is 24.3 Å². The van der Waals surface area contributed by atoms with Crippen LogP contribution in [0.2, 0.25) is 0 Å². The molecule has 0 amide bonds. The molecule has 0 saturated carbocycles. The first kappa shape index (κ1) is 7.58. The zero-order chi connectivity index (χ0) is 7.56. The van der Waals surface area contributed by atoms with Crippen molar-refractivity contribution in [2.24, 2.45) is 0 Å². The van der Waals surface area contributed by atoms with Crippen molar-refractivity contribution in [1.29, 1.82) is 0 Å². The van der Waals surface area contributed by atoms with Crippen molar-refractivity contribution < 1.29 is 5.11 Å². The highest BCUT2D eigenvalue weighted by atomic mass is 35.5. The molecule has 0 aliphatic carbocycles. The smallest absolute Gasteiger partial charge is 0.153 e. The maximum Gasteiger partial charge on any atom is 0.153 e. The number of halogens is 1. The van der Waals surface area contributed by atoms with Crippen LogP contribution in [0, 0.1) is 6.92 Å². The Labute approximate surface area is 65.3 Å². The van der Waals surface area contributed by atoms with E-state index in [4.69, 9.17) is 16.7 Å². The van der Waals surface area contributed by atoms with Gasteiger partial charge in [0.1, 0.15) is 0 Å². The molecule has 1 nitrogen and oxygen atoms in total. The van der Waals surface area contributed by atoms with Crippen molar-refractivity contribution in [3.63, 3.8) is 0 Å². The highest BCUT2D eigenvalue weighted by molar-refractivity contribution is 6.19. The second-order valence-corrected chi connectivity index (χ2v) is 2.61. The Morgan fingerprint density at radius 1 is 1.40 bits per heavy atom. The van der Waals surface area contributed by atoms with E-state index in [-0.39, 0.29) is 0 Å². The number of hydrogen-bond acceptors (Lipinski definition) is 1. The second kappa shape index (κ2) is 3.04. The van der Waals surface area contributed by atoms with Crippen LogP contribution < -0.4 is 0 Å². The number of hydrogen-bond donors (Lipinski definition) is 1. The number of aryl methyl sites for hydroxylation is 1. The normalized spacial score (nSPS) is 13.1. The molecule has 1 N–H and O–H groups in total. The van der Waals surface area contributed by atoms with Gasteiger partial charge in [-0.1, -0.05) is 35.9 Å². The maximum absolute atomic E-state index is 8.97. The molecular formula is C8H9ClO. The van der Waals surface area contributed by atoms with E-state index in [9.17, 15) is 0 Å². The van der Waals surface area contributed by atoms with Crippen LogP contribution in [0.5, 0.6) is 0 Å². The van der Waals surface area contributed by atoms with Crippen LogP contribution in [0.3, 0.4) is 0 Å². The zero-order valence-electron chi connectivity index (χ0n) is 5.71. The predicted octanol–water partition coefficient (Wildman–Crippen LogP) is 2.22. The Balaban J connectivity index is 3.03. The summed E-state index contributed by atoms with van der Waals surface area (Å²) in [5.74, 6) is 0. The summed E-state index contributed by atoms with van der Waals surface area (Å²) in [5, 5.41) is 8.97. The summed E-state index contributed by atoms with van der Waals surface area (Å²) in [5.41, 5.74) is 0.926. The second-order valence-electron chi connectivity index (χ2n) is 2.19. The summed E-state index contributed by atoms with van der Waals surface area (Å²) in [6, 6.07) is 7.50. The standard InChI is InChI=1S/C8H9ClO/c1-6-4-2-3-5-7(6)8(9)10/h2-5,8,10H,1H3. The van der Waals surface area contributed by atoms with E-state index in [0.29, 0.717) is 0 Å². The molecule has 0 aromatic heterocycles. The number of aliphatic hydroxyl groups excluding tert-OH is 1. The molecule has 1 unspecified atom stereocenters. The number of rotatable bonds is 1. The van der Waals surface area contributed by atoms with E-state index in [1.165, 1.54) is 0 Å². The Bertz CT molecular complexity index is 220. The Hall–Kier alpha value is -0.530. The van der Waals surface area contributed by atoms with Gasteiger partial charge in [0.15, 0.2) is 5.56 Å². The van der Waals surface area contributed by atoms with Gasteiger partial charge in [-0.25, -0.2) is 0 Å². The molecule has 1 aromatic carbocycles. The Kier molecular flexibility index (Phi) is 2.30. The topological polar surface area (TPSA) is 20.2 Å². The minimum absolute atomic E-state index is 0.782. The lowest BCUT2D eigenvalue weighted by Gasteiger charge is -2.04. The molecule has 0 saturated heterocycles. The van der Waals surface area contributed by atoms with Crippen molar-refractivity contribution in [1.82, 2.24) is 0 Å². The van der Waals surface area contributed by atoms with Gasteiger partial charge in [-0.2, -0.15) is 0 Å². The Morgan fingerprint density at radius 3 is 2.40 bits per heavy atom. The first-order valence-corrected chi connectivity index (χ1v) is 3.53. The van der Waals surface area contributed by atoms with Crippen molar-refractivity contribution in [3.8, 4) is 0 Å². The van der Waals surface area contributed by atoms with Gasteiger partial charge >= 0.3 is 0 Å². The molecule has 1 aromatic rings. The third-order valence-corrected chi connectivity index (χ3v) is 1.68. The number of aliphatic hydroxyl groups is 1. The zero-order valence-corrected chi connectivity index (χ0v) is 6.47. The fourth-order valence-corrected chi connectivity index (χ4v) is 1.10. The fourth-order valence-electron chi connectivity index (χ4n) is 0.854. The minimum Gasteiger partial charge on any atom is -0.373 e. The summed E-state index contributed by atoms with van der Waals surface area (Å²) < 4.78 is 0. The van der Waals surface area contributed by atoms with Crippen molar-refractivity contribution in [2.75, 3.05) is 0 Å². The van der Waals surface area contributed by atoms with Gasteiger partial charge in [0.05, 0.1) is 0 Å². The highest BCUT2D eigenvalue weighted by Crippen LogP contribution is 2.19. The van der Waals surface area contributed by atoms with E-state index in [0.717, 1.165) is 11.1 Å². The SMILES string of the molecule is Cc1ccccc1C(O)Cl. The molecule has 0 aliphatic rings. The van der Waals surface area contributed by atoms with E-state index in [1.807, 2.05) is 31.2 Å². The van der Waals surface area contributed by atoms with Crippen LogP contribution in [0.25, 0.3) is 0 Å². The van der Waals surface area contributed by atoms with Crippen LogP contribution in [-0.4, -0.2) is 5.11 Å². The van der Waals surface area contributed by atoms with E-state index in [2.05, 4.69) is 0 Å². The van der Waals surface area contributed by atoms with Crippen LogP contribution in [0.1, 0.15) is 16.7 Å². The number of alkyl halides is 1. The van der Waals surface area contributed by atoms with Crippen LogP contribution in [-0.2, 0) is 0 Å². The van der Waals surface area contributed by atoms with Crippen LogP contribution in [0.4, 0.5) is 0 Å². The Morgan fingerprint density at radius 2 is 2.00 bits per heavy atom. The molecule has 54 valence electrons. The minimum atomic E-state index is -0.874. The summed E-state index contributed by atoms with van der Waals surface area (Å²) >= 11 is 5.46. The maximum atomic E-state index is 8.97. The van der Waals surface area contributed by atoms with Gasteiger partial charge in [0, 0.05) is 0 Å². The largest absolute Gasteiger partial charge is 0.373 e. The van der Waals surface area contributed by atoms with Crippen molar-refractivity contribution in [2.45, 2.75) is 12.5 Å². The molecule has 0 aliphatic heterocycles. The monoisotopic (exact) mass is 156 g/mol. The van der Waals surface area contributed by atoms with E-state index in [1.54, 1.807) is 0 Å². The molecule has 10 heavy (non-hydrogen) atoms. The van der Waals surface area contributed by atoms with Gasteiger partial charge in [0.2, 0.25) is 0 Å². The third-order valence-electron chi connectivity index (χ3n) is 1.45. The summed E-state index contributed by atoms with van der Waals surface area (Å²) in [7, 11) is 0. The molecule has 0 bridgehead atoms. The molecule has 2 heteroatoms. The molecule has 0 radical (unpaired) electrons. The summed E-state index contributed by atoms with van der Waals surface area (Å²) in [6.45, 7) is 1.92. The summed E-state index contributed by atoms with van der Waals surface area (Å²) in [6.07, 6.45) is 0. The first-order chi connectivity index (χ1) is 4.72. The molecule has 0 heterocycles. The lowest BCUT2D eigenvalue weighted by molar-refractivity contribution is 0.262. The summed E-state index contributed by atoms with van der Waals surface area (Å²) in [4.78, 5) is 0. The van der Waals surface area contributed by atoms with Gasteiger partial charge in [0.25, 0.3) is 0 Å². The van der Waals surface area contributed by atoms with Gasteiger partial charge in [-0.05, 0) is 18.1 Å². The number of benzene rings is 1. The highest BCUT2D eigenvalue weighted by Gasteiger charge is 2.03. The van der Waals surface area contributed by atoms with E-state index < -0.39 is 5.56 Å². The first-order valence-electron chi connectivity index (χ1n) is 3.09. The van der Waals surface area contributed by atoms with Gasteiger partial charge in [-0.3, -0.25) is 0 Å². The lowest BCUT2D eigenvalue weighted by atomic mass is 10.1. The predicted molar refractivity (Wildman–Crippen MR) is 42.0 cm³/mol. The quantitative estimate of drug-likeness (QED) is 0.619. The van der Waals surface area contributed by atoms with Crippen LogP contribution >= 0.6 is 11.6 Å². The van der Waals surface area contributed by atoms with Crippen molar-refractivity contribution >= 4 is 11.6 Å². The molecule has 0 spiro atoms. The van der Waals surface area contributed by atoms with E-state index >= 15 is 0 Å². The average molecular weight is 157 g/mol. The fraction of sp³-hybridized carbons (Fsp3) is 0.250. The molecule has 0 fully saturated rings.